The minimum absolute atomic E-state index is 0.100. The van der Waals surface area contributed by atoms with E-state index in [-0.39, 0.29) is 22.7 Å². The lowest BCUT2D eigenvalue weighted by Crippen LogP contribution is -2.39. The summed E-state index contributed by atoms with van der Waals surface area (Å²) in [5.74, 6) is -0.727. The van der Waals surface area contributed by atoms with Crippen LogP contribution in [0.5, 0.6) is 0 Å². The van der Waals surface area contributed by atoms with Crippen LogP contribution < -0.4 is 10.5 Å². The van der Waals surface area contributed by atoms with E-state index in [1.54, 1.807) is 0 Å². The second-order valence-corrected chi connectivity index (χ2v) is 7.77. The fourth-order valence-electron chi connectivity index (χ4n) is 2.71. The first-order valence-corrected chi connectivity index (χ1v) is 8.94. The highest BCUT2D eigenvalue weighted by Crippen LogP contribution is 2.28. The summed E-state index contributed by atoms with van der Waals surface area (Å²) in [6, 6.07) is 2.11. The quantitative estimate of drug-likeness (QED) is 0.658. The molecule has 118 valence electrons. The van der Waals surface area contributed by atoms with Gasteiger partial charge in [-0.15, -0.1) is 0 Å². The second-order valence-electron chi connectivity index (χ2n) is 5.65. The summed E-state index contributed by atoms with van der Waals surface area (Å²) in [6.07, 6.45) is 4.89. The molecule has 1 saturated carbocycles. The number of rotatable bonds is 3. The van der Waals surface area contributed by atoms with E-state index in [2.05, 4.69) is 4.72 Å². The van der Waals surface area contributed by atoms with Crippen molar-refractivity contribution in [2.24, 2.45) is 5.92 Å². The van der Waals surface area contributed by atoms with Crippen molar-refractivity contribution in [3.63, 3.8) is 0 Å². The number of halogens is 2. The zero-order chi connectivity index (χ0) is 15.6. The van der Waals surface area contributed by atoms with Crippen molar-refractivity contribution in [1.82, 2.24) is 4.72 Å². The van der Waals surface area contributed by atoms with Gasteiger partial charge in [0.2, 0.25) is 10.0 Å². The van der Waals surface area contributed by atoms with Crippen molar-refractivity contribution < 1.29 is 12.8 Å². The van der Waals surface area contributed by atoms with E-state index >= 15 is 0 Å². The normalized spacial score (nSPS) is 23.8. The maximum absolute atomic E-state index is 14.0. The van der Waals surface area contributed by atoms with Gasteiger partial charge in [0.1, 0.15) is 4.90 Å². The fraction of sp³-hybridized carbons (Fsp3) is 0.571. The highest BCUT2D eigenvalue weighted by molar-refractivity contribution is 7.89. The van der Waals surface area contributed by atoms with Crippen LogP contribution in [0.25, 0.3) is 0 Å². The molecule has 0 spiro atoms. The first kappa shape index (κ1) is 16.5. The maximum Gasteiger partial charge on any atom is 0.243 e. The van der Waals surface area contributed by atoms with Gasteiger partial charge in [-0.05, 0) is 30.9 Å². The molecule has 1 fully saturated rings. The van der Waals surface area contributed by atoms with E-state index in [9.17, 15) is 12.8 Å². The zero-order valence-electron chi connectivity index (χ0n) is 11.9. The Hall–Kier alpha value is -0.850. The van der Waals surface area contributed by atoms with Crippen LogP contribution in [-0.4, -0.2) is 14.5 Å². The van der Waals surface area contributed by atoms with Crippen molar-refractivity contribution in [2.45, 2.75) is 50.0 Å². The molecule has 0 heterocycles. The van der Waals surface area contributed by atoms with Crippen LogP contribution >= 0.6 is 11.6 Å². The van der Waals surface area contributed by atoms with Gasteiger partial charge < -0.3 is 5.73 Å². The Morgan fingerprint density at radius 2 is 1.95 bits per heavy atom. The Morgan fingerprint density at radius 3 is 2.67 bits per heavy atom. The molecule has 4 nitrogen and oxygen atoms in total. The van der Waals surface area contributed by atoms with E-state index < -0.39 is 20.7 Å². The Bertz CT molecular complexity index is 622. The number of sulfonamides is 1. The van der Waals surface area contributed by atoms with Crippen LogP contribution in [0.2, 0.25) is 5.02 Å². The number of nitrogens with two attached hydrogens (primary N) is 1. The molecule has 2 atom stereocenters. The Morgan fingerprint density at radius 1 is 1.29 bits per heavy atom. The molecular weight excluding hydrogens is 315 g/mol. The standard InChI is InChI=1S/C14H20ClFN2O2S/c1-9-5-3-2-4-6-12(9)18-21(19,20)13-8-10(15)7-11(17)14(13)16/h7-9,12,18H,2-6,17H2,1H3. The van der Waals surface area contributed by atoms with Crippen LogP contribution in [0.1, 0.15) is 39.0 Å². The van der Waals surface area contributed by atoms with Crippen molar-refractivity contribution in [3.8, 4) is 0 Å². The molecule has 1 aliphatic carbocycles. The van der Waals surface area contributed by atoms with Gasteiger partial charge in [-0.25, -0.2) is 17.5 Å². The zero-order valence-corrected chi connectivity index (χ0v) is 13.5. The lowest BCUT2D eigenvalue weighted by atomic mass is 9.98. The van der Waals surface area contributed by atoms with Crippen LogP contribution in [-0.2, 0) is 10.0 Å². The number of hydrogen-bond donors (Lipinski definition) is 2. The monoisotopic (exact) mass is 334 g/mol. The average molecular weight is 335 g/mol. The van der Waals surface area contributed by atoms with Crippen molar-refractivity contribution in [3.05, 3.63) is 23.0 Å². The summed E-state index contributed by atoms with van der Waals surface area (Å²) in [5.41, 5.74) is 5.19. The molecule has 1 aromatic rings. The third kappa shape index (κ3) is 3.87. The first-order chi connectivity index (χ1) is 9.81. The molecule has 7 heteroatoms. The molecule has 0 saturated heterocycles. The number of nitrogens with one attached hydrogen (secondary N) is 1. The van der Waals surface area contributed by atoms with E-state index in [0.29, 0.717) is 0 Å². The van der Waals surface area contributed by atoms with Gasteiger partial charge in [-0.1, -0.05) is 37.8 Å². The van der Waals surface area contributed by atoms with Crippen LogP contribution in [0.3, 0.4) is 0 Å². The van der Waals surface area contributed by atoms with Gasteiger partial charge in [0.25, 0.3) is 0 Å². The van der Waals surface area contributed by atoms with Gasteiger partial charge in [-0.3, -0.25) is 0 Å². The molecule has 2 unspecified atom stereocenters. The molecule has 2 rings (SSSR count). The summed E-state index contributed by atoms with van der Waals surface area (Å²) in [4.78, 5) is -0.482. The molecule has 21 heavy (non-hydrogen) atoms. The highest BCUT2D eigenvalue weighted by Gasteiger charge is 2.28. The first-order valence-electron chi connectivity index (χ1n) is 7.08. The molecule has 1 aliphatic rings. The minimum atomic E-state index is -3.97. The van der Waals surface area contributed by atoms with Crippen molar-refractivity contribution in [1.29, 1.82) is 0 Å². The van der Waals surface area contributed by atoms with Gasteiger partial charge in [0.15, 0.2) is 5.82 Å². The predicted molar refractivity (Wildman–Crippen MR) is 82.2 cm³/mol. The maximum atomic E-state index is 14.0. The molecule has 0 bridgehead atoms. The average Bonchev–Trinajstić information content (AvgIpc) is 2.59. The Balaban J connectivity index is 2.30. The summed E-state index contributed by atoms with van der Waals surface area (Å²) in [6.45, 7) is 2.02. The lowest BCUT2D eigenvalue weighted by Gasteiger charge is -2.23. The number of nitrogen functional groups attached to an aromatic ring is 1. The largest absolute Gasteiger partial charge is 0.396 e. The SMILES string of the molecule is CC1CCCCCC1NS(=O)(=O)c1cc(Cl)cc(N)c1F. The van der Waals surface area contributed by atoms with E-state index in [4.69, 9.17) is 17.3 Å². The van der Waals surface area contributed by atoms with E-state index in [1.807, 2.05) is 6.92 Å². The molecule has 1 aromatic carbocycles. The van der Waals surface area contributed by atoms with Crippen molar-refractivity contribution >= 4 is 27.3 Å². The van der Waals surface area contributed by atoms with Gasteiger partial charge in [-0.2, -0.15) is 0 Å². The summed E-state index contributed by atoms with van der Waals surface area (Å²) in [5, 5.41) is 0.100. The fourth-order valence-corrected chi connectivity index (χ4v) is 4.51. The highest BCUT2D eigenvalue weighted by atomic mass is 35.5. The summed E-state index contributed by atoms with van der Waals surface area (Å²) < 4.78 is 41.5. The van der Waals surface area contributed by atoms with Gasteiger partial charge in [0, 0.05) is 11.1 Å². The topological polar surface area (TPSA) is 72.2 Å². The lowest BCUT2D eigenvalue weighted by molar-refractivity contribution is 0.398. The smallest absolute Gasteiger partial charge is 0.243 e. The van der Waals surface area contributed by atoms with Crippen LogP contribution in [0.15, 0.2) is 17.0 Å². The van der Waals surface area contributed by atoms with Gasteiger partial charge in [0.05, 0.1) is 5.69 Å². The second kappa shape index (κ2) is 6.50. The number of benzene rings is 1. The van der Waals surface area contributed by atoms with Crippen molar-refractivity contribution in [2.75, 3.05) is 5.73 Å². The third-order valence-electron chi connectivity index (χ3n) is 3.99. The molecule has 0 radical (unpaired) electrons. The third-order valence-corrected chi connectivity index (χ3v) is 5.70. The van der Waals surface area contributed by atoms with E-state index in [1.165, 1.54) is 6.07 Å². The molecule has 0 amide bonds. The van der Waals surface area contributed by atoms with Crippen LogP contribution in [0, 0.1) is 11.7 Å². The van der Waals surface area contributed by atoms with Crippen LogP contribution in [0.4, 0.5) is 10.1 Å². The molecule has 3 N–H and O–H groups in total. The minimum Gasteiger partial charge on any atom is -0.396 e. The number of anilines is 1. The predicted octanol–water partition coefficient (Wildman–Crippen LogP) is 3.31. The Kier molecular flexibility index (Phi) is 5.11. The summed E-state index contributed by atoms with van der Waals surface area (Å²) >= 11 is 5.79. The number of hydrogen-bond acceptors (Lipinski definition) is 3. The van der Waals surface area contributed by atoms with Gasteiger partial charge >= 0.3 is 0 Å². The summed E-state index contributed by atoms with van der Waals surface area (Å²) in [7, 11) is -3.97. The molecule has 0 aliphatic heterocycles. The Labute approximate surface area is 129 Å². The molecule has 0 aromatic heterocycles. The van der Waals surface area contributed by atoms with E-state index in [0.717, 1.165) is 38.2 Å². The molecular formula is C14H20ClFN2O2S.